The summed E-state index contributed by atoms with van der Waals surface area (Å²) in [6.07, 6.45) is 10.3. The van der Waals surface area contributed by atoms with Crippen molar-refractivity contribution in [3.8, 4) is 5.75 Å². The third-order valence-corrected chi connectivity index (χ3v) is 9.43. The standard InChI is InChI=1S/C31H44N2O3/c1-20(7-10-25-21(2)8-12-27-30(3,4)28(34)13-15-31(25,27)5)17-29(35)32-16-14-22-19-33-26-11-9-23(36-6)18-24(22)26/h9,11,17-19,25,27-28,33-34H,2,7-8,10,12-16H2,1,3-6H3,(H,32,35)/b20-17+/t25-,27-,28-,31+/m1/s1. The molecular formula is C31H44N2O3. The van der Waals surface area contributed by atoms with E-state index in [1.807, 2.05) is 24.4 Å². The number of carbonyl (C=O) groups excluding carboxylic acids is 1. The maximum atomic E-state index is 12.6. The van der Waals surface area contributed by atoms with Crippen molar-refractivity contribution in [2.24, 2.45) is 22.7 Å². The quantitative estimate of drug-likeness (QED) is 0.298. The number of rotatable bonds is 8. The largest absolute Gasteiger partial charge is 0.497 e. The van der Waals surface area contributed by atoms with E-state index in [0.29, 0.717) is 18.4 Å². The van der Waals surface area contributed by atoms with E-state index in [9.17, 15) is 9.90 Å². The molecule has 5 nitrogen and oxygen atoms in total. The molecule has 1 heterocycles. The first-order chi connectivity index (χ1) is 17.1. The molecule has 0 saturated heterocycles. The maximum Gasteiger partial charge on any atom is 0.243 e. The fraction of sp³-hybridized carbons (Fsp3) is 0.581. The van der Waals surface area contributed by atoms with Crippen LogP contribution in [0.15, 0.2) is 48.2 Å². The molecular weight excluding hydrogens is 448 g/mol. The number of ether oxygens (including phenoxy) is 1. The minimum atomic E-state index is -0.223. The third-order valence-electron chi connectivity index (χ3n) is 9.43. The van der Waals surface area contributed by atoms with Crippen LogP contribution in [0.1, 0.15) is 71.8 Å². The van der Waals surface area contributed by atoms with Crippen molar-refractivity contribution < 1.29 is 14.6 Å². The Hall–Kier alpha value is -2.53. The first-order valence-electron chi connectivity index (χ1n) is 13.5. The van der Waals surface area contributed by atoms with Crippen LogP contribution in [0.4, 0.5) is 0 Å². The number of H-pyrrole nitrogens is 1. The Morgan fingerprint density at radius 3 is 2.83 bits per heavy atom. The fourth-order valence-corrected chi connectivity index (χ4v) is 7.23. The second-order valence-corrected chi connectivity index (χ2v) is 12.0. The van der Waals surface area contributed by atoms with E-state index < -0.39 is 0 Å². The summed E-state index contributed by atoms with van der Waals surface area (Å²) in [4.78, 5) is 15.9. The summed E-state index contributed by atoms with van der Waals surface area (Å²) < 4.78 is 5.35. The van der Waals surface area contributed by atoms with Gasteiger partial charge in [-0.05, 0) is 98.3 Å². The van der Waals surface area contributed by atoms with Gasteiger partial charge < -0.3 is 20.1 Å². The average Bonchev–Trinajstić information content (AvgIpc) is 3.23. The van der Waals surface area contributed by atoms with Crippen LogP contribution in [0.3, 0.4) is 0 Å². The number of allylic oxidation sites excluding steroid dienone is 2. The monoisotopic (exact) mass is 492 g/mol. The number of nitrogens with one attached hydrogen (secondary N) is 2. The molecule has 1 amide bonds. The SMILES string of the molecule is C=C1CC[C@@H]2C(C)(C)[C@H](O)CC[C@@]2(C)[C@@H]1CC/C(C)=C/C(=O)NCCc1c[nH]c2ccc(OC)cc12. The lowest BCUT2D eigenvalue weighted by Crippen LogP contribution is -2.54. The van der Waals surface area contributed by atoms with Crippen LogP contribution >= 0.6 is 0 Å². The number of benzene rings is 1. The van der Waals surface area contributed by atoms with Crippen LogP contribution in [0.5, 0.6) is 5.75 Å². The zero-order valence-corrected chi connectivity index (χ0v) is 22.7. The molecule has 1 aromatic heterocycles. The van der Waals surface area contributed by atoms with Crippen molar-refractivity contribution in [3.05, 3.63) is 53.8 Å². The predicted molar refractivity (Wildman–Crippen MR) is 147 cm³/mol. The van der Waals surface area contributed by atoms with Crippen molar-refractivity contribution in [2.45, 2.75) is 78.7 Å². The smallest absolute Gasteiger partial charge is 0.243 e. The van der Waals surface area contributed by atoms with Gasteiger partial charge in [0.25, 0.3) is 0 Å². The Bertz CT molecular complexity index is 1140. The van der Waals surface area contributed by atoms with Gasteiger partial charge in [-0.3, -0.25) is 4.79 Å². The van der Waals surface area contributed by atoms with Crippen LogP contribution in [-0.4, -0.2) is 35.8 Å². The molecule has 1 aromatic carbocycles. The summed E-state index contributed by atoms with van der Waals surface area (Å²) in [6, 6.07) is 5.99. The number of aliphatic hydroxyl groups excluding tert-OH is 1. The summed E-state index contributed by atoms with van der Waals surface area (Å²) >= 11 is 0. The van der Waals surface area contributed by atoms with Gasteiger partial charge in [0.15, 0.2) is 0 Å². The molecule has 0 aliphatic heterocycles. The molecule has 2 fully saturated rings. The first-order valence-corrected chi connectivity index (χ1v) is 13.5. The summed E-state index contributed by atoms with van der Waals surface area (Å²) in [7, 11) is 1.67. The van der Waals surface area contributed by atoms with E-state index in [-0.39, 0.29) is 22.8 Å². The van der Waals surface area contributed by atoms with Gasteiger partial charge >= 0.3 is 0 Å². The van der Waals surface area contributed by atoms with Crippen molar-refractivity contribution in [1.82, 2.24) is 10.3 Å². The number of methoxy groups -OCH3 is 1. The van der Waals surface area contributed by atoms with Crippen molar-refractivity contribution in [1.29, 1.82) is 0 Å². The number of carbonyl (C=O) groups is 1. The van der Waals surface area contributed by atoms with Crippen LogP contribution in [0, 0.1) is 22.7 Å². The zero-order chi connectivity index (χ0) is 26.1. The highest BCUT2D eigenvalue weighted by atomic mass is 16.5. The molecule has 2 saturated carbocycles. The topological polar surface area (TPSA) is 74.4 Å². The van der Waals surface area contributed by atoms with Gasteiger partial charge in [0.05, 0.1) is 13.2 Å². The Morgan fingerprint density at radius 1 is 1.31 bits per heavy atom. The lowest BCUT2D eigenvalue weighted by atomic mass is 9.46. The number of amides is 1. The number of aromatic amines is 1. The molecule has 36 heavy (non-hydrogen) atoms. The number of hydrogen-bond donors (Lipinski definition) is 3. The normalized spacial score (nSPS) is 28.1. The molecule has 0 unspecified atom stereocenters. The van der Waals surface area contributed by atoms with Gasteiger partial charge in [-0.2, -0.15) is 0 Å². The van der Waals surface area contributed by atoms with Gasteiger partial charge in [-0.25, -0.2) is 0 Å². The third kappa shape index (κ3) is 5.13. The number of aromatic nitrogens is 1. The number of aliphatic hydroxyl groups is 1. The predicted octanol–water partition coefficient (Wildman–Crippen LogP) is 6.33. The highest BCUT2D eigenvalue weighted by molar-refractivity contribution is 5.88. The molecule has 0 bridgehead atoms. The second kappa shape index (κ2) is 10.5. The molecule has 4 atom stereocenters. The van der Waals surface area contributed by atoms with Crippen LogP contribution < -0.4 is 10.1 Å². The minimum absolute atomic E-state index is 0.0293. The Morgan fingerprint density at radius 2 is 2.08 bits per heavy atom. The Labute approximate surface area is 216 Å². The molecule has 4 rings (SSSR count). The Balaban J connectivity index is 1.32. The van der Waals surface area contributed by atoms with Crippen molar-refractivity contribution in [3.63, 3.8) is 0 Å². The van der Waals surface area contributed by atoms with Crippen molar-refractivity contribution in [2.75, 3.05) is 13.7 Å². The van der Waals surface area contributed by atoms with Crippen LogP contribution in [-0.2, 0) is 11.2 Å². The number of fused-ring (bicyclic) bond motifs is 2. The highest BCUT2D eigenvalue weighted by Gasteiger charge is 2.55. The van der Waals surface area contributed by atoms with Crippen molar-refractivity contribution >= 4 is 16.8 Å². The summed E-state index contributed by atoms with van der Waals surface area (Å²) in [6.45, 7) is 14.0. The molecule has 2 aliphatic carbocycles. The molecule has 2 aliphatic rings. The van der Waals surface area contributed by atoms with E-state index in [2.05, 4.69) is 44.6 Å². The van der Waals surface area contributed by atoms with Gasteiger partial charge in [0, 0.05) is 29.7 Å². The van der Waals surface area contributed by atoms with E-state index in [1.54, 1.807) is 13.2 Å². The zero-order valence-electron chi connectivity index (χ0n) is 22.7. The van der Waals surface area contributed by atoms with Crippen LogP contribution in [0.2, 0.25) is 0 Å². The molecule has 0 spiro atoms. The van der Waals surface area contributed by atoms with Gasteiger partial charge in [0.1, 0.15) is 5.75 Å². The lowest BCUT2D eigenvalue weighted by Gasteiger charge is -2.59. The average molecular weight is 493 g/mol. The van der Waals surface area contributed by atoms with Crippen LogP contribution in [0.25, 0.3) is 10.9 Å². The van der Waals surface area contributed by atoms with E-state index in [1.165, 1.54) is 11.1 Å². The van der Waals surface area contributed by atoms with Gasteiger partial charge in [-0.15, -0.1) is 0 Å². The van der Waals surface area contributed by atoms with E-state index >= 15 is 0 Å². The highest BCUT2D eigenvalue weighted by Crippen LogP contribution is 2.61. The maximum absolute atomic E-state index is 12.6. The molecule has 196 valence electrons. The molecule has 2 aromatic rings. The summed E-state index contributed by atoms with van der Waals surface area (Å²) in [5.41, 5.74) is 4.81. The molecule has 5 heteroatoms. The molecule has 3 N–H and O–H groups in total. The second-order valence-electron chi connectivity index (χ2n) is 12.0. The van der Waals surface area contributed by atoms with E-state index in [4.69, 9.17) is 4.74 Å². The minimum Gasteiger partial charge on any atom is -0.497 e. The number of hydrogen-bond acceptors (Lipinski definition) is 3. The van der Waals surface area contributed by atoms with E-state index in [0.717, 1.165) is 67.2 Å². The summed E-state index contributed by atoms with van der Waals surface area (Å²) in [5.74, 6) is 1.74. The first kappa shape index (κ1) is 26.5. The fourth-order valence-electron chi connectivity index (χ4n) is 7.23. The molecule has 0 radical (unpaired) electrons. The van der Waals surface area contributed by atoms with Gasteiger partial charge in [-0.1, -0.05) is 38.5 Å². The Kier molecular flexibility index (Phi) is 7.70. The summed E-state index contributed by atoms with van der Waals surface area (Å²) in [5, 5.41) is 14.9. The van der Waals surface area contributed by atoms with Gasteiger partial charge in [0.2, 0.25) is 5.91 Å². The lowest BCUT2D eigenvalue weighted by molar-refractivity contribution is -0.124.